The molecule has 11 nitrogen and oxygen atoms in total. The second kappa shape index (κ2) is 9.90. The van der Waals surface area contributed by atoms with Crippen LogP contribution in [0.25, 0.3) is 6.08 Å². The third-order valence-electron chi connectivity index (χ3n) is 4.55. The van der Waals surface area contributed by atoms with Crippen molar-refractivity contribution in [2.45, 2.75) is 26.5 Å². The van der Waals surface area contributed by atoms with Gasteiger partial charge in [0.2, 0.25) is 5.76 Å². The van der Waals surface area contributed by atoms with Crippen LogP contribution in [0.5, 0.6) is 11.5 Å². The van der Waals surface area contributed by atoms with E-state index in [0.29, 0.717) is 17.9 Å². The third kappa shape index (κ3) is 5.32. The van der Waals surface area contributed by atoms with Crippen LogP contribution in [0.1, 0.15) is 35.7 Å². The molecule has 1 atom stereocenters. The number of hydrogen-bond donors (Lipinski definition) is 2. The molecule has 0 bridgehead atoms. The molecule has 1 aliphatic heterocycles. The van der Waals surface area contributed by atoms with Gasteiger partial charge < -0.3 is 29.1 Å². The minimum absolute atomic E-state index is 0.0229. The Morgan fingerprint density at radius 2 is 1.97 bits per heavy atom. The van der Waals surface area contributed by atoms with Crippen LogP contribution >= 0.6 is 0 Å². The van der Waals surface area contributed by atoms with Gasteiger partial charge in [-0.25, -0.2) is 14.4 Å². The first-order valence-electron chi connectivity index (χ1n) is 9.91. The lowest BCUT2D eigenvalue weighted by Crippen LogP contribution is -2.30. The Hall–Kier alpha value is -4.28. The second-order valence-electron chi connectivity index (χ2n) is 6.87. The number of aliphatic carboxylic acids is 1. The van der Waals surface area contributed by atoms with Crippen LogP contribution in [-0.2, 0) is 20.9 Å². The van der Waals surface area contributed by atoms with Crippen molar-refractivity contribution in [1.29, 1.82) is 0 Å². The first-order valence-corrected chi connectivity index (χ1v) is 9.91. The molecule has 2 aromatic rings. The van der Waals surface area contributed by atoms with Gasteiger partial charge in [-0.2, -0.15) is 0 Å². The number of amides is 3. The molecule has 3 rings (SSSR count). The van der Waals surface area contributed by atoms with Crippen LogP contribution in [0.3, 0.4) is 0 Å². The molecule has 1 aliphatic rings. The molecule has 0 unspecified atom stereocenters. The Morgan fingerprint density at radius 3 is 2.64 bits per heavy atom. The predicted molar refractivity (Wildman–Crippen MR) is 112 cm³/mol. The van der Waals surface area contributed by atoms with E-state index in [1.54, 1.807) is 19.1 Å². The lowest BCUT2D eigenvalue weighted by Gasteiger charge is -2.15. The summed E-state index contributed by atoms with van der Waals surface area (Å²) < 4.78 is 20.8. The SMILES string of the molecule is CCOc1cc(/C=C2\NC(=O)N(Cc3ccc(C(=O)OC)o3)C2=O)ccc1O[C@@H](C)C(=O)O. The number of methoxy groups -OCH3 is 1. The number of benzene rings is 1. The van der Waals surface area contributed by atoms with Crippen LogP contribution in [-0.4, -0.2) is 53.7 Å². The zero-order valence-electron chi connectivity index (χ0n) is 18.1. The highest BCUT2D eigenvalue weighted by Gasteiger charge is 2.34. The van der Waals surface area contributed by atoms with Gasteiger partial charge in [0.15, 0.2) is 17.6 Å². The first-order chi connectivity index (χ1) is 15.7. The van der Waals surface area contributed by atoms with Crippen molar-refractivity contribution >= 4 is 30.0 Å². The fourth-order valence-electron chi connectivity index (χ4n) is 2.93. The minimum Gasteiger partial charge on any atom is -0.490 e. The number of urea groups is 1. The summed E-state index contributed by atoms with van der Waals surface area (Å²) >= 11 is 0. The van der Waals surface area contributed by atoms with Gasteiger partial charge in [0.05, 0.1) is 20.3 Å². The maximum Gasteiger partial charge on any atom is 0.373 e. The summed E-state index contributed by atoms with van der Waals surface area (Å²) in [6, 6.07) is 6.89. The number of nitrogens with one attached hydrogen (secondary N) is 1. The molecule has 0 aliphatic carbocycles. The van der Waals surface area contributed by atoms with Crippen LogP contribution in [0.4, 0.5) is 4.79 Å². The molecule has 1 fully saturated rings. The quantitative estimate of drug-likeness (QED) is 0.329. The van der Waals surface area contributed by atoms with Crippen LogP contribution in [0.2, 0.25) is 0 Å². The largest absolute Gasteiger partial charge is 0.490 e. The van der Waals surface area contributed by atoms with Gasteiger partial charge in [-0.1, -0.05) is 6.07 Å². The van der Waals surface area contributed by atoms with E-state index in [-0.39, 0.29) is 29.5 Å². The van der Waals surface area contributed by atoms with E-state index in [0.717, 1.165) is 4.90 Å². The van der Waals surface area contributed by atoms with Gasteiger partial charge in [-0.3, -0.25) is 9.69 Å². The third-order valence-corrected chi connectivity index (χ3v) is 4.55. The van der Waals surface area contributed by atoms with Crippen molar-refractivity contribution in [3.63, 3.8) is 0 Å². The molecule has 0 saturated carbocycles. The molecule has 0 spiro atoms. The molecule has 33 heavy (non-hydrogen) atoms. The van der Waals surface area contributed by atoms with E-state index in [9.17, 15) is 19.2 Å². The number of rotatable bonds is 9. The summed E-state index contributed by atoms with van der Waals surface area (Å²) in [7, 11) is 1.21. The fraction of sp³-hybridized carbons (Fsp3) is 0.273. The number of imide groups is 1. The van der Waals surface area contributed by atoms with Crippen molar-refractivity contribution in [2.75, 3.05) is 13.7 Å². The number of carbonyl (C=O) groups excluding carboxylic acids is 3. The predicted octanol–water partition coefficient (Wildman–Crippen LogP) is 2.41. The number of furan rings is 1. The smallest absolute Gasteiger partial charge is 0.373 e. The Labute approximate surface area is 188 Å². The van der Waals surface area contributed by atoms with E-state index in [2.05, 4.69) is 10.1 Å². The number of carbonyl (C=O) groups is 4. The zero-order valence-corrected chi connectivity index (χ0v) is 18.1. The number of carboxylic acid groups (broad SMARTS) is 1. The lowest BCUT2D eigenvalue weighted by molar-refractivity contribution is -0.144. The van der Waals surface area contributed by atoms with Crippen LogP contribution in [0, 0.1) is 0 Å². The Morgan fingerprint density at radius 1 is 1.21 bits per heavy atom. The van der Waals surface area contributed by atoms with E-state index >= 15 is 0 Å². The summed E-state index contributed by atoms with van der Waals surface area (Å²) in [5, 5.41) is 11.5. The van der Waals surface area contributed by atoms with Gasteiger partial charge in [-0.05, 0) is 49.8 Å². The fourth-order valence-corrected chi connectivity index (χ4v) is 2.93. The lowest BCUT2D eigenvalue weighted by atomic mass is 10.1. The molecule has 1 saturated heterocycles. The monoisotopic (exact) mass is 458 g/mol. The van der Waals surface area contributed by atoms with Crippen molar-refractivity contribution in [2.24, 2.45) is 0 Å². The molecule has 1 aromatic heterocycles. The van der Waals surface area contributed by atoms with E-state index in [1.165, 1.54) is 38.3 Å². The highest BCUT2D eigenvalue weighted by molar-refractivity contribution is 6.13. The summed E-state index contributed by atoms with van der Waals surface area (Å²) in [5.41, 5.74) is 0.542. The molecule has 174 valence electrons. The number of carboxylic acids is 1. The van der Waals surface area contributed by atoms with E-state index < -0.39 is 30.0 Å². The summed E-state index contributed by atoms with van der Waals surface area (Å²) in [5.74, 6) is -1.68. The summed E-state index contributed by atoms with van der Waals surface area (Å²) in [6.45, 7) is 3.28. The molecular formula is C22H22N2O9. The topological polar surface area (TPSA) is 145 Å². The number of hydrogen-bond acceptors (Lipinski definition) is 8. The maximum atomic E-state index is 12.7. The van der Waals surface area contributed by atoms with E-state index in [1.807, 2.05) is 0 Å². The molecule has 11 heteroatoms. The van der Waals surface area contributed by atoms with Crippen LogP contribution < -0.4 is 14.8 Å². The van der Waals surface area contributed by atoms with Gasteiger partial charge in [-0.15, -0.1) is 0 Å². The maximum absolute atomic E-state index is 12.7. The number of esters is 1. The Balaban J connectivity index is 1.79. The van der Waals surface area contributed by atoms with Gasteiger partial charge >= 0.3 is 18.0 Å². The number of ether oxygens (including phenoxy) is 3. The summed E-state index contributed by atoms with van der Waals surface area (Å²) in [4.78, 5) is 48.6. The Kier molecular flexibility index (Phi) is 7.01. The van der Waals surface area contributed by atoms with Crippen molar-refractivity contribution in [3.8, 4) is 11.5 Å². The Bertz CT molecular complexity index is 1120. The molecular weight excluding hydrogens is 436 g/mol. The van der Waals surface area contributed by atoms with Crippen molar-refractivity contribution in [3.05, 3.63) is 53.1 Å². The minimum atomic E-state index is -1.13. The average Bonchev–Trinajstić information content (AvgIpc) is 3.35. The molecule has 0 radical (unpaired) electrons. The van der Waals surface area contributed by atoms with Gasteiger partial charge in [0.1, 0.15) is 11.5 Å². The van der Waals surface area contributed by atoms with Crippen molar-refractivity contribution in [1.82, 2.24) is 10.2 Å². The van der Waals surface area contributed by atoms with Gasteiger partial charge in [0, 0.05) is 0 Å². The molecule has 2 heterocycles. The van der Waals surface area contributed by atoms with Gasteiger partial charge in [0.25, 0.3) is 5.91 Å². The highest BCUT2D eigenvalue weighted by atomic mass is 16.5. The molecule has 3 amide bonds. The van der Waals surface area contributed by atoms with E-state index in [4.69, 9.17) is 19.0 Å². The van der Waals surface area contributed by atoms with Crippen LogP contribution in [0.15, 0.2) is 40.4 Å². The second-order valence-corrected chi connectivity index (χ2v) is 6.87. The first kappa shape index (κ1) is 23.4. The summed E-state index contributed by atoms with van der Waals surface area (Å²) in [6.07, 6.45) is 0.369. The highest BCUT2D eigenvalue weighted by Crippen LogP contribution is 2.30. The zero-order chi connectivity index (χ0) is 24.1. The standard InChI is InChI=1S/C22H22N2O9/c1-4-31-18-10-13(5-7-16(18)32-12(2)20(26)27)9-15-19(25)24(22(29)23-15)11-14-6-8-17(33-14)21(28)30-3/h5-10,12H,4,11H2,1-3H3,(H,23,29)(H,26,27)/b15-9-/t12-/m0/s1. The van der Waals surface area contributed by atoms with Crippen molar-refractivity contribution < 1.29 is 42.9 Å². The molecule has 2 N–H and O–H groups in total. The number of nitrogens with zero attached hydrogens (tertiary/aromatic N) is 1. The molecule has 1 aromatic carbocycles. The normalized spacial score (nSPS) is 15.4. The average molecular weight is 458 g/mol.